The van der Waals surface area contributed by atoms with Crippen LogP contribution in [0.4, 0.5) is 0 Å². The van der Waals surface area contributed by atoms with Crippen molar-refractivity contribution in [3.8, 4) is 0 Å². The lowest BCUT2D eigenvalue weighted by atomic mass is 9.71. The molecule has 0 saturated heterocycles. The maximum absolute atomic E-state index is 2.62. The van der Waals surface area contributed by atoms with E-state index in [9.17, 15) is 0 Å². The van der Waals surface area contributed by atoms with Gasteiger partial charge in [-0.15, -0.1) is 0 Å². The van der Waals surface area contributed by atoms with Crippen molar-refractivity contribution >= 4 is 8.07 Å². The van der Waals surface area contributed by atoms with Crippen molar-refractivity contribution in [1.29, 1.82) is 0 Å². The van der Waals surface area contributed by atoms with Gasteiger partial charge in [-0.1, -0.05) is 45.8 Å². The minimum Gasteiger partial charge on any atom is -0.0693 e. The molecule has 0 N–H and O–H groups in total. The van der Waals surface area contributed by atoms with E-state index in [0.717, 1.165) is 35.1 Å². The van der Waals surface area contributed by atoms with Crippen LogP contribution in [0, 0.1) is 29.6 Å². The van der Waals surface area contributed by atoms with Crippen molar-refractivity contribution in [3.63, 3.8) is 0 Å². The molecule has 3 aliphatic rings. The van der Waals surface area contributed by atoms with E-state index in [-0.39, 0.29) is 0 Å². The SMILES string of the molecule is CC1CC2CC3CCCC3CC2C1[Si](C)(C)C. The van der Waals surface area contributed by atoms with Gasteiger partial charge in [-0.2, -0.15) is 0 Å². The quantitative estimate of drug-likeness (QED) is 0.563. The van der Waals surface area contributed by atoms with Crippen molar-refractivity contribution in [2.24, 2.45) is 29.6 Å². The van der Waals surface area contributed by atoms with Crippen molar-refractivity contribution in [3.05, 3.63) is 0 Å². The Bertz CT molecular complexity index is 290. The molecule has 0 heterocycles. The second-order valence-corrected chi connectivity index (χ2v) is 13.8. The predicted octanol–water partition coefficient (Wildman–Crippen LogP) is 5.18. The Morgan fingerprint density at radius 2 is 1.47 bits per heavy atom. The zero-order valence-electron chi connectivity index (χ0n) is 12.2. The van der Waals surface area contributed by atoms with Crippen molar-refractivity contribution in [2.75, 3.05) is 0 Å². The second-order valence-electron chi connectivity index (χ2n) is 8.45. The summed E-state index contributed by atoms with van der Waals surface area (Å²) in [7, 11) is -0.939. The summed E-state index contributed by atoms with van der Waals surface area (Å²) in [6.45, 7) is 10.4. The number of fused-ring (bicyclic) bond motifs is 2. The molecule has 3 aliphatic carbocycles. The number of rotatable bonds is 1. The topological polar surface area (TPSA) is 0 Å². The lowest BCUT2D eigenvalue weighted by Crippen LogP contribution is -2.37. The molecule has 1 heteroatoms. The largest absolute Gasteiger partial charge is 0.0693 e. The van der Waals surface area contributed by atoms with Crippen LogP contribution in [-0.2, 0) is 0 Å². The highest BCUT2D eigenvalue weighted by Gasteiger charge is 2.51. The fourth-order valence-electron chi connectivity index (χ4n) is 6.09. The molecule has 0 aliphatic heterocycles. The molecule has 0 amide bonds. The average molecular weight is 251 g/mol. The van der Waals surface area contributed by atoms with Crippen molar-refractivity contribution in [2.45, 2.75) is 70.6 Å². The molecule has 0 nitrogen and oxygen atoms in total. The first-order valence-electron chi connectivity index (χ1n) is 7.97. The van der Waals surface area contributed by atoms with Gasteiger partial charge in [-0.25, -0.2) is 0 Å². The molecule has 0 aromatic carbocycles. The third-order valence-corrected chi connectivity index (χ3v) is 9.35. The van der Waals surface area contributed by atoms with Crippen LogP contribution in [0.5, 0.6) is 0 Å². The van der Waals surface area contributed by atoms with Crippen LogP contribution in [0.25, 0.3) is 0 Å². The zero-order chi connectivity index (χ0) is 12.2. The van der Waals surface area contributed by atoms with E-state index in [2.05, 4.69) is 26.6 Å². The fraction of sp³-hybridized carbons (Fsp3) is 1.00. The second kappa shape index (κ2) is 4.11. The Morgan fingerprint density at radius 1 is 0.824 bits per heavy atom. The van der Waals surface area contributed by atoms with Crippen molar-refractivity contribution < 1.29 is 0 Å². The molecule has 0 radical (unpaired) electrons. The van der Waals surface area contributed by atoms with Gasteiger partial charge in [0.05, 0.1) is 0 Å². The monoisotopic (exact) mass is 250 g/mol. The molecule has 0 aromatic heterocycles. The van der Waals surface area contributed by atoms with E-state index < -0.39 is 8.07 Å². The summed E-state index contributed by atoms with van der Waals surface area (Å²) in [5.41, 5.74) is 1.13. The molecule has 0 aromatic rings. The molecular weight excluding hydrogens is 220 g/mol. The molecule has 6 unspecified atom stereocenters. The van der Waals surface area contributed by atoms with Crippen LogP contribution in [0.3, 0.4) is 0 Å². The first-order valence-corrected chi connectivity index (χ1v) is 11.5. The van der Waals surface area contributed by atoms with Crippen LogP contribution in [0.2, 0.25) is 25.2 Å². The summed E-state index contributed by atoms with van der Waals surface area (Å²) in [5, 5.41) is 0. The van der Waals surface area contributed by atoms with Gasteiger partial charge in [0, 0.05) is 8.07 Å². The molecular formula is C16H30Si. The lowest BCUT2D eigenvalue weighted by molar-refractivity contribution is 0.155. The molecule has 17 heavy (non-hydrogen) atoms. The highest BCUT2D eigenvalue weighted by atomic mass is 28.3. The fourth-order valence-corrected chi connectivity index (χ4v) is 9.63. The summed E-state index contributed by atoms with van der Waals surface area (Å²) in [6, 6.07) is 0. The van der Waals surface area contributed by atoms with E-state index in [1.165, 1.54) is 0 Å². The zero-order valence-corrected chi connectivity index (χ0v) is 13.2. The van der Waals surface area contributed by atoms with Crippen molar-refractivity contribution in [1.82, 2.24) is 0 Å². The van der Waals surface area contributed by atoms with Crippen LogP contribution in [0.1, 0.15) is 45.4 Å². The molecule has 6 atom stereocenters. The predicted molar refractivity (Wildman–Crippen MR) is 77.9 cm³/mol. The Hall–Kier alpha value is 0.217. The molecule has 3 fully saturated rings. The maximum Gasteiger partial charge on any atom is 0.0479 e. The van der Waals surface area contributed by atoms with E-state index in [1.807, 2.05) is 0 Å². The van der Waals surface area contributed by atoms with Gasteiger partial charge in [-0.05, 0) is 54.4 Å². The Labute approximate surface area is 109 Å². The normalized spacial score (nSPS) is 50.1. The first kappa shape index (κ1) is 12.3. The summed E-state index contributed by atoms with van der Waals surface area (Å²) >= 11 is 0. The van der Waals surface area contributed by atoms with Gasteiger partial charge in [0.25, 0.3) is 0 Å². The Morgan fingerprint density at radius 3 is 2.12 bits per heavy atom. The van der Waals surface area contributed by atoms with Gasteiger partial charge < -0.3 is 0 Å². The molecule has 0 bridgehead atoms. The van der Waals surface area contributed by atoms with E-state index in [1.54, 1.807) is 38.5 Å². The average Bonchev–Trinajstić information content (AvgIpc) is 2.73. The summed E-state index contributed by atoms with van der Waals surface area (Å²) in [6.07, 6.45) is 9.49. The van der Waals surface area contributed by atoms with E-state index >= 15 is 0 Å². The molecule has 3 rings (SSSR count). The number of hydrogen-bond acceptors (Lipinski definition) is 0. The van der Waals surface area contributed by atoms with Gasteiger partial charge in [0.15, 0.2) is 0 Å². The van der Waals surface area contributed by atoms with Gasteiger partial charge in [0.1, 0.15) is 0 Å². The molecule has 3 saturated carbocycles. The minimum atomic E-state index is -0.939. The maximum atomic E-state index is 2.62. The Balaban J connectivity index is 1.80. The van der Waals surface area contributed by atoms with E-state index in [0.29, 0.717) is 0 Å². The molecule has 98 valence electrons. The number of hydrogen-bond donors (Lipinski definition) is 0. The summed E-state index contributed by atoms with van der Waals surface area (Å²) < 4.78 is 0. The standard InChI is InChI=1S/C16H30Si/c1-11-8-14-9-12-6-5-7-13(12)10-15(14)16(11)17(2,3)4/h11-16H,5-10H2,1-4H3. The van der Waals surface area contributed by atoms with Crippen LogP contribution < -0.4 is 0 Å². The highest BCUT2D eigenvalue weighted by Crippen LogP contribution is 2.60. The lowest BCUT2D eigenvalue weighted by Gasteiger charge is -2.41. The third-order valence-electron chi connectivity index (χ3n) is 6.35. The summed E-state index contributed by atoms with van der Waals surface area (Å²) in [5.74, 6) is 5.58. The van der Waals surface area contributed by atoms with Gasteiger partial charge in [0.2, 0.25) is 0 Å². The van der Waals surface area contributed by atoms with E-state index in [4.69, 9.17) is 0 Å². The van der Waals surface area contributed by atoms with Gasteiger partial charge >= 0.3 is 0 Å². The van der Waals surface area contributed by atoms with Crippen LogP contribution in [-0.4, -0.2) is 8.07 Å². The smallest absolute Gasteiger partial charge is 0.0479 e. The van der Waals surface area contributed by atoms with Crippen LogP contribution in [0.15, 0.2) is 0 Å². The highest BCUT2D eigenvalue weighted by molar-refractivity contribution is 6.77. The molecule has 0 spiro atoms. The minimum absolute atomic E-state index is 0.939. The third kappa shape index (κ3) is 2.03. The van der Waals surface area contributed by atoms with Crippen LogP contribution >= 0.6 is 0 Å². The summed E-state index contributed by atoms with van der Waals surface area (Å²) in [4.78, 5) is 0. The van der Waals surface area contributed by atoms with Gasteiger partial charge in [-0.3, -0.25) is 0 Å². The first-order chi connectivity index (χ1) is 7.97. The Kier molecular flexibility index (Phi) is 2.97.